The van der Waals surface area contributed by atoms with E-state index in [1.807, 2.05) is 29.0 Å². The Morgan fingerprint density at radius 3 is 3.21 bits per heavy atom. The van der Waals surface area contributed by atoms with Gasteiger partial charge >= 0.3 is 0 Å². The molecule has 70 valence electrons. The number of rotatable bonds is 0. The number of hydrogen-bond donors (Lipinski definition) is 0. The van der Waals surface area contributed by atoms with E-state index < -0.39 is 0 Å². The molecule has 0 saturated carbocycles. The van der Waals surface area contributed by atoms with Gasteiger partial charge in [-0.25, -0.2) is 9.97 Å². The van der Waals surface area contributed by atoms with E-state index >= 15 is 0 Å². The molecular formula is C9H6ClN3S. The molecule has 0 saturated heterocycles. The summed E-state index contributed by atoms with van der Waals surface area (Å²) in [6.45, 7) is 2.01. The van der Waals surface area contributed by atoms with Crippen LogP contribution in [0.1, 0.15) is 5.69 Å². The Balaban J connectivity index is 2.70. The first kappa shape index (κ1) is 8.20. The van der Waals surface area contributed by atoms with Crippen LogP contribution in [0.5, 0.6) is 0 Å². The zero-order valence-corrected chi connectivity index (χ0v) is 8.93. The molecule has 3 heterocycles. The number of nitrogens with zero attached hydrogens (tertiary/aromatic N) is 3. The lowest BCUT2D eigenvalue weighted by Gasteiger charge is -1.99. The standard InChI is InChI=1S/C9H6ClN3S/c1-5-4-11-8-7(10)12-6-2-3-14-9(6)13(5)8/h2-4H,1H3. The summed E-state index contributed by atoms with van der Waals surface area (Å²) < 4.78 is 2.04. The summed E-state index contributed by atoms with van der Waals surface area (Å²) in [5.74, 6) is 0. The minimum absolute atomic E-state index is 0.462. The molecule has 0 aliphatic carbocycles. The van der Waals surface area contributed by atoms with Crippen LogP contribution in [0.4, 0.5) is 0 Å². The van der Waals surface area contributed by atoms with Crippen molar-refractivity contribution in [3.05, 3.63) is 28.5 Å². The molecule has 5 heteroatoms. The molecular weight excluding hydrogens is 218 g/mol. The van der Waals surface area contributed by atoms with Crippen LogP contribution in [0, 0.1) is 6.92 Å². The number of hydrogen-bond acceptors (Lipinski definition) is 3. The van der Waals surface area contributed by atoms with Crippen molar-refractivity contribution in [2.24, 2.45) is 0 Å². The van der Waals surface area contributed by atoms with Crippen molar-refractivity contribution < 1.29 is 0 Å². The van der Waals surface area contributed by atoms with E-state index in [9.17, 15) is 0 Å². The number of aromatic nitrogens is 3. The van der Waals surface area contributed by atoms with Crippen LogP contribution in [0.3, 0.4) is 0 Å². The van der Waals surface area contributed by atoms with E-state index in [-0.39, 0.29) is 0 Å². The van der Waals surface area contributed by atoms with Gasteiger partial charge in [-0.15, -0.1) is 11.3 Å². The van der Waals surface area contributed by atoms with E-state index in [4.69, 9.17) is 11.6 Å². The quantitative estimate of drug-likeness (QED) is 0.587. The van der Waals surface area contributed by atoms with Gasteiger partial charge in [0.2, 0.25) is 0 Å². The molecule has 0 unspecified atom stereocenters. The second kappa shape index (κ2) is 2.68. The van der Waals surface area contributed by atoms with Gasteiger partial charge in [0.25, 0.3) is 0 Å². The molecule has 3 nitrogen and oxygen atoms in total. The van der Waals surface area contributed by atoms with Crippen molar-refractivity contribution >= 4 is 38.9 Å². The maximum atomic E-state index is 6.02. The zero-order valence-electron chi connectivity index (χ0n) is 7.36. The molecule has 3 aromatic heterocycles. The van der Waals surface area contributed by atoms with Crippen LogP contribution in [-0.4, -0.2) is 14.4 Å². The molecule has 0 aliphatic heterocycles. The van der Waals surface area contributed by atoms with Crippen molar-refractivity contribution in [2.75, 3.05) is 0 Å². The molecule has 0 spiro atoms. The van der Waals surface area contributed by atoms with Gasteiger partial charge in [-0.3, -0.25) is 4.40 Å². The molecule has 0 aromatic carbocycles. The molecule has 0 atom stereocenters. The number of thiophene rings is 1. The van der Waals surface area contributed by atoms with Crippen molar-refractivity contribution in [1.29, 1.82) is 0 Å². The topological polar surface area (TPSA) is 30.2 Å². The van der Waals surface area contributed by atoms with Crippen LogP contribution in [0.25, 0.3) is 16.0 Å². The van der Waals surface area contributed by atoms with E-state index in [2.05, 4.69) is 9.97 Å². The summed E-state index contributed by atoms with van der Waals surface area (Å²) in [5.41, 5.74) is 2.74. The normalized spacial score (nSPS) is 11.6. The molecule has 0 radical (unpaired) electrons. The van der Waals surface area contributed by atoms with Crippen molar-refractivity contribution in [3.8, 4) is 0 Å². The number of halogens is 1. The van der Waals surface area contributed by atoms with E-state index in [0.29, 0.717) is 5.15 Å². The van der Waals surface area contributed by atoms with Crippen LogP contribution in [0.15, 0.2) is 17.6 Å². The Labute approximate surface area is 89.0 Å². The highest BCUT2D eigenvalue weighted by molar-refractivity contribution is 7.16. The molecule has 0 N–H and O–H groups in total. The molecule has 3 aromatic rings. The average molecular weight is 224 g/mol. The third kappa shape index (κ3) is 0.923. The summed E-state index contributed by atoms with van der Waals surface area (Å²) in [4.78, 5) is 9.59. The van der Waals surface area contributed by atoms with Crippen LogP contribution >= 0.6 is 22.9 Å². The van der Waals surface area contributed by atoms with Gasteiger partial charge in [-0.1, -0.05) is 11.6 Å². The predicted molar refractivity (Wildman–Crippen MR) is 58.1 cm³/mol. The minimum atomic E-state index is 0.462. The maximum absolute atomic E-state index is 6.02. The van der Waals surface area contributed by atoms with E-state index in [0.717, 1.165) is 21.7 Å². The van der Waals surface area contributed by atoms with Gasteiger partial charge in [-0.05, 0) is 18.4 Å². The Morgan fingerprint density at radius 1 is 1.50 bits per heavy atom. The Hall–Kier alpha value is -1.13. The number of fused-ring (bicyclic) bond motifs is 3. The minimum Gasteiger partial charge on any atom is -0.284 e. The zero-order chi connectivity index (χ0) is 9.71. The molecule has 0 bridgehead atoms. The molecule has 14 heavy (non-hydrogen) atoms. The second-order valence-corrected chi connectivity index (χ2v) is 4.32. The van der Waals surface area contributed by atoms with Gasteiger partial charge in [0.05, 0.1) is 0 Å². The number of imidazole rings is 1. The first-order valence-corrected chi connectivity index (χ1v) is 5.40. The Morgan fingerprint density at radius 2 is 2.36 bits per heavy atom. The largest absolute Gasteiger partial charge is 0.284 e. The van der Waals surface area contributed by atoms with E-state index in [1.165, 1.54) is 0 Å². The van der Waals surface area contributed by atoms with Gasteiger partial charge in [0.15, 0.2) is 10.8 Å². The SMILES string of the molecule is Cc1cnc2c(Cl)nc3ccsc3n12. The highest BCUT2D eigenvalue weighted by Crippen LogP contribution is 2.25. The first-order chi connectivity index (χ1) is 6.77. The number of aryl methyl sites for hydroxylation is 1. The fraction of sp³-hybridized carbons (Fsp3) is 0.111. The highest BCUT2D eigenvalue weighted by Gasteiger charge is 2.10. The third-order valence-electron chi connectivity index (χ3n) is 2.17. The fourth-order valence-corrected chi connectivity index (χ4v) is 2.66. The van der Waals surface area contributed by atoms with Gasteiger partial charge in [0.1, 0.15) is 10.3 Å². The van der Waals surface area contributed by atoms with E-state index in [1.54, 1.807) is 11.3 Å². The lowest BCUT2D eigenvalue weighted by Crippen LogP contribution is -1.91. The maximum Gasteiger partial charge on any atom is 0.176 e. The van der Waals surface area contributed by atoms with Crippen LogP contribution in [-0.2, 0) is 0 Å². The Bertz CT molecular complexity index is 625. The van der Waals surface area contributed by atoms with Gasteiger partial charge in [0, 0.05) is 11.9 Å². The molecule has 0 amide bonds. The smallest absolute Gasteiger partial charge is 0.176 e. The molecule has 0 aliphatic rings. The summed E-state index contributed by atoms with van der Waals surface area (Å²) in [7, 11) is 0. The van der Waals surface area contributed by atoms with Gasteiger partial charge in [-0.2, -0.15) is 0 Å². The summed E-state index contributed by atoms with van der Waals surface area (Å²) in [6.07, 6.45) is 1.81. The second-order valence-electron chi connectivity index (χ2n) is 3.07. The predicted octanol–water partition coefficient (Wildman–Crippen LogP) is 2.91. The fourth-order valence-electron chi connectivity index (χ4n) is 1.54. The lowest BCUT2D eigenvalue weighted by molar-refractivity contribution is 1.16. The first-order valence-electron chi connectivity index (χ1n) is 4.14. The molecule has 3 rings (SSSR count). The van der Waals surface area contributed by atoms with Crippen LogP contribution < -0.4 is 0 Å². The van der Waals surface area contributed by atoms with Gasteiger partial charge < -0.3 is 0 Å². The van der Waals surface area contributed by atoms with Crippen molar-refractivity contribution in [3.63, 3.8) is 0 Å². The Kier molecular flexibility index (Phi) is 1.57. The molecule has 0 fully saturated rings. The average Bonchev–Trinajstić information content (AvgIpc) is 2.71. The highest BCUT2D eigenvalue weighted by atomic mass is 35.5. The summed E-state index contributed by atoms with van der Waals surface area (Å²) in [6, 6.07) is 1.96. The third-order valence-corrected chi connectivity index (χ3v) is 3.31. The van der Waals surface area contributed by atoms with Crippen molar-refractivity contribution in [1.82, 2.24) is 14.4 Å². The lowest BCUT2D eigenvalue weighted by atomic mass is 10.5. The summed E-state index contributed by atoms with van der Waals surface area (Å²) >= 11 is 7.66. The van der Waals surface area contributed by atoms with Crippen molar-refractivity contribution in [2.45, 2.75) is 6.92 Å². The van der Waals surface area contributed by atoms with Crippen LogP contribution in [0.2, 0.25) is 5.15 Å². The monoisotopic (exact) mass is 223 g/mol. The summed E-state index contributed by atoms with van der Waals surface area (Å²) in [5, 5.41) is 2.47.